The van der Waals surface area contributed by atoms with Crippen molar-refractivity contribution in [2.75, 3.05) is 19.9 Å². The maximum Gasteiger partial charge on any atom is 0.238 e. The van der Waals surface area contributed by atoms with Crippen molar-refractivity contribution in [1.29, 1.82) is 0 Å². The van der Waals surface area contributed by atoms with Crippen LogP contribution in [0.4, 0.5) is 0 Å². The van der Waals surface area contributed by atoms with Gasteiger partial charge >= 0.3 is 0 Å². The van der Waals surface area contributed by atoms with Gasteiger partial charge in [0.25, 0.3) is 0 Å². The molecule has 0 aliphatic carbocycles. The summed E-state index contributed by atoms with van der Waals surface area (Å²) in [6, 6.07) is 2.93. The van der Waals surface area contributed by atoms with Crippen LogP contribution in [0.3, 0.4) is 0 Å². The van der Waals surface area contributed by atoms with E-state index in [0.717, 1.165) is 24.7 Å². The molecule has 1 atom stereocenters. The lowest BCUT2D eigenvalue weighted by molar-refractivity contribution is -0.125. The average molecular weight is 327 g/mol. The van der Waals surface area contributed by atoms with Crippen LogP contribution in [-0.2, 0) is 21.4 Å². The second-order valence-electron chi connectivity index (χ2n) is 5.27. The fourth-order valence-corrected chi connectivity index (χ4v) is 3.73. The molecule has 2 rings (SSSR count). The van der Waals surface area contributed by atoms with E-state index in [0.29, 0.717) is 18.8 Å². The molecule has 0 bridgehead atoms. The number of methoxy groups -OCH3 is 1. The Bertz CT molecular complexity index is 633. The Morgan fingerprint density at radius 1 is 1.50 bits per heavy atom. The van der Waals surface area contributed by atoms with Gasteiger partial charge in [0.1, 0.15) is 6.04 Å². The van der Waals surface area contributed by atoms with E-state index < -0.39 is 16.1 Å². The second-order valence-corrected chi connectivity index (χ2v) is 7.21. The number of hydrogen-bond donors (Lipinski definition) is 1. The summed E-state index contributed by atoms with van der Waals surface area (Å²) in [5.41, 5.74) is 0.750. The van der Waals surface area contributed by atoms with Gasteiger partial charge in [-0.3, -0.25) is 4.79 Å². The zero-order valence-corrected chi connectivity index (χ0v) is 13.6. The Morgan fingerprint density at radius 2 is 2.27 bits per heavy atom. The van der Waals surface area contributed by atoms with Crippen LogP contribution in [-0.4, -0.2) is 49.6 Å². The third kappa shape index (κ3) is 3.95. The van der Waals surface area contributed by atoms with Gasteiger partial charge in [0.15, 0.2) is 0 Å². The van der Waals surface area contributed by atoms with Crippen LogP contribution in [0.5, 0.6) is 5.88 Å². The highest BCUT2D eigenvalue weighted by atomic mass is 32.2. The third-order valence-electron chi connectivity index (χ3n) is 3.68. The van der Waals surface area contributed by atoms with E-state index in [4.69, 9.17) is 4.74 Å². The van der Waals surface area contributed by atoms with Crippen molar-refractivity contribution in [3.05, 3.63) is 23.9 Å². The predicted octanol–water partition coefficient (Wildman–Crippen LogP) is 0.520. The third-order valence-corrected chi connectivity index (χ3v) is 4.97. The van der Waals surface area contributed by atoms with Crippen molar-refractivity contribution in [3.8, 4) is 5.88 Å². The summed E-state index contributed by atoms with van der Waals surface area (Å²) in [7, 11) is -1.87. The minimum absolute atomic E-state index is 0.254. The quantitative estimate of drug-likeness (QED) is 0.852. The Kier molecular flexibility index (Phi) is 5.36. The molecule has 1 amide bonds. The lowest BCUT2D eigenvalue weighted by Gasteiger charge is -2.32. The lowest BCUT2D eigenvalue weighted by Crippen LogP contribution is -2.51. The van der Waals surface area contributed by atoms with Crippen molar-refractivity contribution in [2.24, 2.45) is 0 Å². The van der Waals surface area contributed by atoms with Gasteiger partial charge in [-0.2, -0.15) is 4.31 Å². The molecule has 1 N–H and O–H groups in total. The first kappa shape index (κ1) is 16.7. The Morgan fingerprint density at radius 3 is 2.95 bits per heavy atom. The van der Waals surface area contributed by atoms with E-state index in [9.17, 15) is 13.2 Å². The molecule has 122 valence electrons. The summed E-state index contributed by atoms with van der Waals surface area (Å²) in [4.78, 5) is 16.4. The standard InChI is InChI=1S/C14H21N3O4S/c1-21-14-11(6-5-8-15-14)10-16-13(18)12-7-3-4-9-17(12)22(2,19)20/h5-6,8,12H,3-4,7,9-10H2,1-2H3,(H,16,18). The van der Waals surface area contributed by atoms with Gasteiger partial charge in [-0.1, -0.05) is 12.5 Å². The molecule has 1 aromatic heterocycles. The molecule has 0 aromatic carbocycles. The van der Waals surface area contributed by atoms with Gasteiger partial charge < -0.3 is 10.1 Å². The van der Waals surface area contributed by atoms with Crippen LogP contribution in [0.25, 0.3) is 0 Å². The fourth-order valence-electron chi connectivity index (χ4n) is 2.61. The Balaban J connectivity index is 2.04. The number of aromatic nitrogens is 1. The number of amides is 1. The SMILES string of the molecule is COc1ncccc1CNC(=O)C1CCCCN1S(C)(=O)=O. The second kappa shape index (κ2) is 7.06. The van der Waals surface area contributed by atoms with Crippen LogP contribution in [0.2, 0.25) is 0 Å². The fraction of sp³-hybridized carbons (Fsp3) is 0.571. The predicted molar refractivity (Wildman–Crippen MR) is 81.8 cm³/mol. The molecule has 1 fully saturated rings. The van der Waals surface area contributed by atoms with Crippen LogP contribution >= 0.6 is 0 Å². The van der Waals surface area contributed by atoms with Gasteiger partial charge in [-0.05, 0) is 18.9 Å². The highest BCUT2D eigenvalue weighted by molar-refractivity contribution is 7.88. The number of rotatable bonds is 5. The van der Waals surface area contributed by atoms with E-state index in [1.165, 1.54) is 11.4 Å². The van der Waals surface area contributed by atoms with Crippen LogP contribution in [0.1, 0.15) is 24.8 Å². The van der Waals surface area contributed by atoms with Crippen molar-refractivity contribution in [2.45, 2.75) is 31.8 Å². The zero-order valence-electron chi connectivity index (χ0n) is 12.8. The molecule has 1 aliphatic heterocycles. The van der Waals surface area contributed by atoms with Crippen molar-refractivity contribution >= 4 is 15.9 Å². The van der Waals surface area contributed by atoms with Crippen molar-refractivity contribution in [1.82, 2.24) is 14.6 Å². The molecule has 1 aliphatic rings. The number of pyridine rings is 1. The Hall–Kier alpha value is -1.67. The van der Waals surface area contributed by atoms with Crippen molar-refractivity contribution < 1.29 is 17.9 Å². The number of ether oxygens (including phenoxy) is 1. The van der Waals surface area contributed by atoms with E-state index in [1.54, 1.807) is 18.3 Å². The van der Waals surface area contributed by atoms with Gasteiger partial charge in [0.2, 0.25) is 21.8 Å². The van der Waals surface area contributed by atoms with Crippen molar-refractivity contribution in [3.63, 3.8) is 0 Å². The first-order valence-electron chi connectivity index (χ1n) is 7.16. The molecule has 7 nitrogen and oxygen atoms in total. The molecule has 22 heavy (non-hydrogen) atoms. The molecular formula is C14H21N3O4S. The largest absolute Gasteiger partial charge is 0.481 e. The minimum atomic E-state index is -3.38. The normalized spacial score (nSPS) is 19.6. The first-order valence-corrected chi connectivity index (χ1v) is 9.00. The van der Waals surface area contributed by atoms with Gasteiger partial charge in [0.05, 0.1) is 13.4 Å². The highest BCUT2D eigenvalue weighted by Crippen LogP contribution is 2.20. The maximum atomic E-state index is 12.3. The van der Waals surface area contributed by atoms with Crippen LogP contribution < -0.4 is 10.1 Å². The van der Waals surface area contributed by atoms with Gasteiger partial charge in [-0.15, -0.1) is 0 Å². The first-order chi connectivity index (χ1) is 10.4. The van der Waals surface area contributed by atoms with Gasteiger partial charge in [-0.25, -0.2) is 13.4 Å². The average Bonchev–Trinajstić information content (AvgIpc) is 2.52. The minimum Gasteiger partial charge on any atom is -0.481 e. The molecule has 8 heteroatoms. The van der Waals surface area contributed by atoms with E-state index in [1.807, 2.05) is 0 Å². The summed E-state index contributed by atoms with van der Waals surface area (Å²) in [5, 5.41) is 2.78. The number of nitrogens with zero attached hydrogens (tertiary/aromatic N) is 2. The molecule has 2 heterocycles. The number of piperidine rings is 1. The zero-order chi connectivity index (χ0) is 16.2. The maximum absolute atomic E-state index is 12.3. The summed E-state index contributed by atoms with van der Waals surface area (Å²) in [6.45, 7) is 0.650. The Labute approximate surface area is 130 Å². The number of carbonyl (C=O) groups excluding carboxylic acids is 1. The monoisotopic (exact) mass is 327 g/mol. The summed E-state index contributed by atoms with van der Waals surface area (Å²) >= 11 is 0. The summed E-state index contributed by atoms with van der Waals surface area (Å²) < 4.78 is 30.0. The molecule has 1 unspecified atom stereocenters. The molecule has 1 saturated heterocycles. The summed E-state index contributed by atoms with van der Waals surface area (Å²) in [6.07, 6.45) is 4.93. The smallest absolute Gasteiger partial charge is 0.238 e. The van der Waals surface area contributed by atoms with E-state index >= 15 is 0 Å². The number of hydrogen-bond acceptors (Lipinski definition) is 5. The molecule has 0 radical (unpaired) electrons. The number of nitrogens with one attached hydrogen (secondary N) is 1. The highest BCUT2D eigenvalue weighted by Gasteiger charge is 2.34. The lowest BCUT2D eigenvalue weighted by atomic mass is 10.0. The number of carbonyl (C=O) groups is 1. The molecule has 0 spiro atoms. The van der Waals surface area contributed by atoms with E-state index in [-0.39, 0.29) is 12.5 Å². The van der Waals surface area contributed by atoms with Gasteiger partial charge in [0, 0.05) is 24.8 Å². The van der Waals surface area contributed by atoms with Crippen LogP contribution in [0.15, 0.2) is 18.3 Å². The molecular weight excluding hydrogens is 306 g/mol. The van der Waals surface area contributed by atoms with E-state index in [2.05, 4.69) is 10.3 Å². The molecule has 0 saturated carbocycles. The summed E-state index contributed by atoms with van der Waals surface area (Å²) in [5.74, 6) is 0.169. The topological polar surface area (TPSA) is 88.6 Å². The van der Waals surface area contributed by atoms with Crippen LogP contribution in [0, 0.1) is 0 Å². The molecule has 1 aromatic rings. The number of sulfonamides is 1.